The maximum absolute atomic E-state index is 9.46. The quantitative estimate of drug-likeness (QED) is 0.445. The molecule has 0 fully saturated rings. The minimum Gasteiger partial charge on any atom is -0.195 e. The molecular weight excluding hydrogens is 282 g/mol. The van der Waals surface area contributed by atoms with Gasteiger partial charge in [-0.1, -0.05) is 72.3 Å². The Hall–Kier alpha value is -2.18. The smallest absolute Gasteiger partial charge is 0.189 e. The third-order valence-electron chi connectivity index (χ3n) is 3.29. The highest BCUT2D eigenvalue weighted by molar-refractivity contribution is 6.23. The minimum absolute atomic E-state index is 0.789. The van der Waals surface area contributed by atoms with Gasteiger partial charge >= 0.3 is 0 Å². The van der Waals surface area contributed by atoms with Crippen molar-refractivity contribution in [2.45, 2.75) is 24.4 Å². The highest BCUT2D eigenvalue weighted by Crippen LogP contribution is 2.33. The van der Waals surface area contributed by atoms with E-state index < -0.39 is 10.5 Å². The third kappa shape index (κ3) is 3.48. The van der Waals surface area contributed by atoms with Crippen molar-refractivity contribution in [3.05, 3.63) is 71.8 Å². The van der Waals surface area contributed by atoms with Crippen molar-refractivity contribution in [2.24, 2.45) is 10.2 Å². The molecule has 2 unspecified atom stereocenters. The Labute approximate surface area is 129 Å². The predicted molar refractivity (Wildman–Crippen MR) is 83.9 cm³/mol. The van der Waals surface area contributed by atoms with E-state index in [1.807, 2.05) is 60.7 Å². The van der Waals surface area contributed by atoms with Crippen LogP contribution in [0.4, 0.5) is 0 Å². The van der Waals surface area contributed by atoms with Gasteiger partial charge in [0.2, 0.25) is 0 Å². The van der Waals surface area contributed by atoms with Crippen LogP contribution in [0.5, 0.6) is 0 Å². The average molecular weight is 298 g/mol. The monoisotopic (exact) mass is 297 g/mol. The fourth-order valence-corrected chi connectivity index (χ4v) is 2.07. The molecule has 2 aromatic rings. The van der Waals surface area contributed by atoms with Gasteiger partial charge in [0, 0.05) is 0 Å². The number of halogens is 1. The molecule has 0 aromatic heterocycles. The Morgan fingerprint density at radius 1 is 0.857 bits per heavy atom. The Kier molecular flexibility index (Phi) is 4.40. The largest absolute Gasteiger partial charge is 0.195 e. The summed E-state index contributed by atoms with van der Waals surface area (Å²) in [5.74, 6) is 0. The van der Waals surface area contributed by atoms with Crippen LogP contribution in [0, 0.1) is 11.3 Å². The molecule has 106 valence electrons. The molecule has 2 rings (SSSR count). The fraction of sp³-hybridized carbons (Fsp3) is 0.235. The molecule has 0 radical (unpaired) electrons. The summed E-state index contributed by atoms with van der Waals surface area (Å²) in [6, 6.07) is 21.0. The van der Waals surface area contributed by atoms with Gasteiger partial charge in [-0.25, -0.2) is 0 Å². The summed E-state index contributed by atoms with van der Waals surface area (Å²) in [5.41, 5.74) is 0.576. The molecule has 2 atom stereocenters. The molecule has 0 aliphatic rings. The summed E-state index contributed by atoms with van der Waals surface area (Å²) in [7, 11) is 0. The van der Waals surface area contributed by atoms with Gasteiger partial charge in [0.15, 0.2) is 10.5 Å². The first-order chi connectivity index (χ1) is 9.98. The summed E-state index contributed by atoms with van der Waals surface area (Å²) >= 11 is 6.44. The SMILES string of the molecule is CC(Cl)(N=NC(C)(C#N)c1ccccc1)c1ccccc1. The number of nitrogens with zero attached hydrogens (tertiary/aromatic N) is 3. The molecule has 0 saturated carbocycles. The van der Waals surface area contributed by atoms with Crippen LogP contribution >= 0.6 is 11.6 Å². The summed E-state index contributed by atoms with van der Waals surface area (Å²) in [4.78, 5) is -0.992. The molecular formula is C17H16ClN3. The highest BCUT2D eigenvalue weighted by atomic mass is 35.5. The third-order valence-corrected chi connectivity index (χ3v) is 3.59. The van der Waals surface area contributed by atoms with Crippen molar-refractivity contribution in [3.63, 3.8) is 0 Å². The van der Waals surface area contributed by atoms with E-state index in [2.05, 4.69) is 16.3 Å². The van der Waals surface area contributed by atoms with E-state index in [1.54, 1.807) is 13.8 Å². The first-order valence-corrected chi connectivity index (χ1v) is 7.01. The van der Waals surface area contributed by atoms with Crippen LogP contribution in [-0.2, 0) is 10.5 Å². The van der Waals surface area contributed by atoms with Crippen molar-refractivity contribution < 1.29 is 0 Å². The molecule has 2 aromatic carbocycles. The van der Waals surface area contributed by atoms with Crippen LogP contribution < -0.4 is 0 Å². The summed E-state index contributed by atoms with van der Waals surface area (Å²) < 4.78 is 0. The van der Waals surface area contributed by atoms with Crippen LogP contribution in [-0.4, -0.2) is 0 Å². The zero-order valence-electron chi connectivity index (χ0n) is 12.0. The lowest BCUT2D eigenvalue weighted by molar-refractivity contribution is 0.542. The maximum atomic E-state index is 9.46. The van der Waals surface area contributed by atoms with Crippen LogP contribution in [0.1, 0.15) is 25.0 Å². The van der Waals surface area contributed by atoms with Crippen molar-refractivity contribution in [1.29, 1.82) is 5.26 Å². The molecule has 0 aliphatic heterocycles. The van der Waals surface area contributed by atoms with E-state index in [1.165, 1.54) is 0 Å². The van der Waals surface area contributed by atoms with Gasteiger partial charge in [-0.2, -0.15) is 15.5 Å². The van der Waals surface area contributed by atoms with Crippen molar-refractivity contribution in [1.82, 2.24) is 0 Å². The first-order valence-electron chi connectivity index (χ1n) is 6.63. The van der Waals surface area contributed by atoms with E-state index >= 15 is 0 Å². The van der Waals surface area contributed by atoms with Gasteiger partial charge < -0.3 is 0 Å². The molecule has 0 saturated heterocycles. The lowest BCUT2D eigenvalue weighted by Crippen LogP contribution is -2.18. The van der Waals surface area contributed by atoms with Crippen LogP contribution in [0.25, 0.3) is 0 Å². The standard InChI is InChI=1S/C17H16ClN3/c1-16(13-19,14-9-5-3-6-10-14)20-21-17(2,18)15-11-7-4-8-12-15/h3-12H,1-2H3. The van der Waals surface area contributed by atoms with Gasteiger partial charge in [-0.05, 0) is 25.0 Å². The average Bonchev–Trinajstić information content (AvgIpc) is 2.54. The second-order valence-corrected chi connectivity index (χ2v) is 5.81. The van der Waals surface area contributed by atoms with Crippen LogP contribution in [0.3, 0.4) is 0 Å². The lowest BCUT2D eigenvalue weighted by atomic mass is 9.95. The normalized spacial score (nSPS) is 16.9. The van der Waals surface area contributed by atoms with Crippen molar-refractivity contribution in [2.75, 3.05) is 0 Å². The number of benzene rings is 2. The molecule has 0 bridgehead atoms. The van der Waals surface area contributed by atoms with E-state index in [-0.39, 0.29) is 0 Å². The van der Waals surface area contributed by atoms with Gasteiger partial charge in [0.25, 0.3) is 0 Å². The molecule has 3 nitrogen and oxygen atoms in total. The van der Waals surface area contributed by atoms with Crippen molar-refractivity contribution >= 4 is 11.6 Å². The number of hydrogen-bond donors (Lipinski definition) is 0. The molecule has 0 spiro atoms. The number of nitriles is 1. The Bertz CT molecular complexity index is 659. The Morgan fingerprint density at radius 3 is 1.81 bits per heavy atom. The number of rotatable bonds is 4. The zero-order valence-corrected chi connectivity index (χ0v) is 12.7. The van der Waals surface area contributed by atoms with Crippen LogP contribution in [0.15, 0.2) is 70.9 Å². The molecule has 0 heterocycles. The van der Waals surface area contributed by atoms with Gasteiger partial charge in [-0.15, -0.1) is 0 Å². The zero-order chi connectivity index (χ0) is 15.3. The van der Waals surface area contributed by atoms with Crippen LogP contribution in [0.2, 0.25) is 0 Å². The van der Waals surface area contributed by atoms with Gasteiger partial charge in [-0.3, -0.25) is 0 Å². The topological polar surface area (TPSA) is 48.5 Å². The van der Waals surface area contributed by atoms with E-state index in [0.717, 1.165) is 11.1 Å². The predicted octanol–water partition coefficient (Wildman–Crippen LogP) is 4.99. The van der Waals surface area contributed by atoms with Gasteiger partial charge in [0.1, 0.15) is 0 Å². The number of alkyl halides is 1. The first kappa shape index (κ1) is 15.2. The molecule has 0 aliphatic carbocycles. The Morgan fingerprint density at radius 2 is 1.33 bits per heavy atom. The fourth-order valence-electron chi connectivity index (χ4n) is 1.90. The highest BCUT2D eigenvalue weighted by Gasteiger charge is 2.29. The van der Waals surface area contributed by atoms with Crippen molar-refractivity contribution in [3.8, 4) is 6.07 Å². The second-order valence-electron chi connectivity index (χ2n) is 5.07. The molecule has 4 heteroatoms. The van der Waals surface area contributed by atoms with E-state index in [4.69, 9.17) is 11.6 Å². The Balaban J connectivity index is 2.33. The summed E-state index contributed by atoms with van der Waals surface area (Å²) in [6.45, 7) is 3.49. The minimum atomic E-state index is -1.05. The second kappa shape index (κ2) is 6.07. The number of azo groups is 1. The van der Waals surface area contributed by atoms with E-state index in [9.17, 15) is 5.26 Å². The molecule has 21 heavy (non-hydrogen) atoms. The number of hydrogen-bond acceptors (Lipinski definition) is 3. The lowest BCUT2D eigenvalue weighted by Gasteiger charge is -2.20. The molecule has 0 amide bonds. The van der Waals surface area contributed by atoms with Gasteiger partial charge in [0.05, 0.1) is 6.07 Å². The maximum Gasteiger partial charge on any atom is 0.189 e. The molecule has 0 N–H and O–H groups in total. The summed E-state index contributed by atoms with van der Waals surface area (Å²) in [6.07, 6.45) is 0. The van der Waals surface area contributed by atoms with E-state index in [0.29, 0.717) is 0 Å². The summed E-state index contributed by atoms with van der Waals surface area (Å²) in [5, 5.41) is 17.9.